The smallest absolute Gasteiger partial charge is 0.234 e. The lowest BCUT2D eigenvalue weighted by Gasteiger charge is -2.10. The number of carbonyl (C=O) groups is 1. The van der Waals surface area contributed by atoms with Crippen molar-refractivity contribution in [1.82, 2.24) is 10.6 Å². The van der Waals surface area contributed by atoms with Gasteiger partial charge in [0.15, 0.2) is 0 Å². The molecule has 0 aromatic carbocycles. The second-order valence-electron chi connectivity index (χ2n) is 4.37. The first-order valence-corrected chi connectivity index (χ1v) is 5.60. The van der Waals surface area contributed by atoms with Crippen molar-refractivity contribution in [2.24, 2.45) is 5.92 Å². The van der Waals surface area contributed by atoms with Crippen LogP contribution in [0.1, 0.15) is 27.7 Å². The molecule has 0 rings (SSSR count). The van der Waals surface area contributed by atoms with Crippen LogP contribution >= 0.6 is 0 Å². The molecule has 0 aromatic heterocycles. The summed E-state index contributed by atoms with van der Waals surface area (Å²) in [5, 5.41) is 5.84. The largest absolute Gasteiger partial charge is 0.380 e. The monoisotopic (exact) mass is 216 g/mol. The third-order valence-electron chi connectivity index (χ3n) is 1.61. The highest BCUT2D eigenvalue weighted by Gasteiger charge is 2.01. The SMILES string of the molecule is CC(C)COCCNCC(=O)NC(C)C. The van der Waals surface area contributed by atoms with E-state index < -0.39 is 0 Å². The molecular formula is C11H24N2O2. The Bertz CT molecular complexity index is 170. The van der Waals surface area contributed by atoms with Gasteiger partial charge in [0.2, 0.25) is 5.91 Å². The van der Waals surface area contributed by atoms with Crippen molar-refractivity contribution >= 4 is 5.91 Å². The van der Waals surface area contributed by atoms with Crippen LogP contribution in [0.5, 0.6) is 0 Å². The van der Waals surface area contributed by atoms with E-state index in [0.717, 1.165) is 13.2 Å². The van der Waals surface area contributed by atoms with Gasteiger partial charge in [-0.15, -0.1) is 0 Å². The Morgan fingerprint density at radius 3 is 2.47 bits per heavy atom. The molecular weight excluding hydrogens is 192 g/mol. The summed E-state index contributed by atoms with van der Waals surface area (Å²) in [7, 11) is 0. The predicted molar refractivity (Wildman–Crippen MR) is 61.8 cm³/mol. The topological polar surface area (TPSA) is 50.4 Å². The maximum Gasteiger partial charge on any atom is 0.234 e. The van der Waals surface area contributed by atoms with Crippen molar-refractivity contribution in [2.75, 3.05) is 26.3 Å². The highest BCUT2D eigenvalue weighted by atomic mass is 16.5. The van der Waals surface area contributed by atoms with Crippen molar-refractivity contribution in [3.05, 3.63) is 0 Å². The molecule has 0 fully saturated rings. The minimum absolute atomic E-state index is 0.0360. The lowest BCUT2D eigenvalue weighted by Crippen LogP contribution is -2.38. The zero-order chi connectivity index (χ0) is 11.7. The van der Waals surface area contributed by atoms with Crippen LogP contribution in [0, 0.1) is 5.92 Å². The van der Waals surface area contributed by atoms with E-state index in [1.54, 1.807) is 0 Å². The molecule has 0 aliphatic rings. The molecule has 4 heteroatoms. The number of hydrogen-bond acceptors (Lipinski definition) is 3. The van der Waals surface area contributed by atoms with Crippen molar-refractivity contribution in [1.29, 1.82) is 0 Å². The van der Waals surface area contributed by atoms with Crippen LogP contribution in [0.4, 0.5) is 0 Å². The highest BCUT2D eigenvalue weighted by Crippen LogP contribution is 1.90. The number of rotatable bonds is 8. The van der Waals surface area contributed by atoms with Crippen LogP contribution in [-0.2, 0) is 9.53 Å². The van der Waals surface area contributed by atoms with Gasteiger partial charge in [0.1, 0.15) is 0 Å². The molecule has 0 aliphatic heterocycles. The Labute approximate surface area is 92.8 Å². The number of ether oxygens (including phenoxy) is 1. The number of hydrogen-bond donors (Lipinski definition) is 2. The average molecular weight is 216 g/mol. The zero-order valence-corrected chi connectivity index (χ0v) is 10.3. The summed E-state index contributed by atoms with van der Waals surface area (Å²) in [5.74, 6) is 0.600. The maximum absolute atomic E-state index is 11.2. The fourth-order valence-electron chi connectivity index (χ4n) is 1.04. The Kier molecular flexibility index (Phi) is 8.33. The summed E-state index contributed by atoms with van der Waals surface area (Å²) in [6.45, 7) is 10.6. The summed E-state index contributed by atoms with van der Waals surface area (Å²) in [4.78, 5) is 11.2. The van der Waals surface area contributed by atoms with Crippen LogP contribution in [0.3, 0.4) is 0 Å². The Morgan fingerprint density at radius 1 is 1.27 bits per heavy atom. The number of nitrogens with one attached hydrogen (secondary N) is 2. The lowest BCUT2D eigenvalue weighted by atomic mass is 10.2. The van der Waals surface area contributed by atoms with Gasteiger partial charge < -0.3 is 15.4 Å². The van der Waals surface area contributed by atoms with E-state index in [1.165, 1.54) is 0 Å². The Morgan fingerprint density at radius 2 is 1.93 bits per heavy atom. The molecule has 2 N–H and O–H groups in total. The second kappa shape index (κ2) is 8.68. The van der Waals surface area contributed by atoms with Gasteiger partial charge in [0.05, 0.1) is 13.2 Å². The molecule has 0 heterocycles. The van der Waals surface area contributed by atoms with Gasteiger partial charge in [0.25, 0.3) is 0 Å². The fraction of sp³-hybridized carbons (Fsp3) is 0.909. The first-order chi connectivity index (χ1) is 7.02. The molecule has 0 aromatic rings. The average Bonchev–Trinajstić information content (AvgIpc) is 2.09. The van der Waals surface area contributed by atoms with Crippen LogP contribution < -0.4 is 10.6 Å². The van der Waals surface area contributed by atoms with E-state index in [-0.39, 0.29) is 11.9 Å². The minimum atomic E-state index is 0.0360. The molecule has 4 nitrogen and oxygen atoms in total. The van der Waals surface area contributed by atoms with Gasteiger partial charge in [-0.2, -0.15) is 0 Å². The molecule has 1 amide bonds. The molecule has 0 spiro atoms. The molecule has 0 atom stereocenters. The summed E-state index contributed by atoms with van der Waals surface area (Å²) < 4.78 is 5.36. The van der Waals surface area contributed by atoms with Gasteiger partial charge in [-0.3, -0.25) is 4.79 Å². The van der Waals surface area contributed by atoms with Crippen LogP contribution in [-0.4, -0.2) is 38.3 Å². The van der Waals surface area contributed by atoms with Gasteiger partial charge in [0, 0.05) is 19.2 Å². The summed E-state index contributed by atoms with van der Waals surface area (Å²) in [6.07, 6.45) is 0. The molecule has 0 radical (unpaired) electrons. The fourth-order valence-corrected chi connectivity index (χ4v) is 1.04. The zero-order valence-electron chi connectivity index (χ0n) is 10.3. The third kappa shape index (κ3) is 11.3. The van der Waals surface area contributed by atoms with E-state index in [9.17, 15) is 4.79 Å². The van der Waals surface area contributed by atoms with E-state index >= 15 is 0 Å². The standard InChI is InChI=1S/C11H24N2O2/c1-9(2)8-15-6-5-12-7-11(14)13-10(3)4/h9-10,12H,5-8H2,1-4H3,(H,13,14). The molecule has 0 bridgehead atoms. The van der Waals surface area contributed by atoms with E-state index in [2.05, 4.69) is 24.5 Å². The maximum atomic E-state index is 11.2. The normalized spacial score (nSPS) is 11.1. The van der Waals surface area contributed by atoms with Crippen molar-refractivity contribution in [3.8, 4) is 0 Å². The molecule has 0 saturated heterocycles. The van der Waals surface area contributed by atoms with E-state index in [1.807, 2.05) is 13.8 Å². The molecule has 0 unspecified atom stereocenters. The first-order valence-electron chi connectivity index (χ1n) is 5.60. The van der Waals surface area contributed by atoms with Gasteiger partial charge in [-0.1, -0.05) is 13.8 Å². The van der Waals surface area contributed by atoms with Crippen LogP contribution in [0.2, 0.25) is 0 Å². The summed E-state index contributed by atoms with van der Waals surface area (Å²) >= 11 is 0. The summed E-state index contributed by atoms with van der Waals surface area (Å²) in [6, 6.07) is 0.205. The van der Waals surface area contributed by atoms with E-state index in [4.69, 9.17) is 4.74 Å². The Hall–Kier alpha value is -0.610. The quantitative estimate of drug-likeness (QED) is 0.589. The van der Waals surface area contributed by atoms with Gasteiger partial charge in [-0.25, -0.2) is 0 Å². The van der Waals surface area contributed by atoms with Crippen LogP contribution in [0.25, 0.3) is 0 Å². The minimum Gasteiger partial charge on any atom is -0.380 e. The predicted octanol–water partition coefficient (Wildman–Crippen LogP) is 0.773. The van der Waals surface area contributed by atoms with E-state index in [0.29, 0.717) is 19.1 Å². The highest BCUT2D eigenvalue weighted by molar-refractivity contribution is 5.78. The third-order valence-corrected chi connectivity index (χ3v) is 1.61. The molecule has 0 aliphatic carbocycles. The Balaban J connectivity index is 3.20. The molecule has 0 saturated carbocycles. The van der Waals surface area contributed by atoms with Gasteiger partial charge in [-0.05, 0) is 19.8 Å². The van der Waals surface area contributed by atoms with Crippen molar-refractivity contribution < 1.29 is 9.53 Å². The lowest BCUT2D eigenvalue weighted by molar-refractivity contribution is -0.120. The second-order valence-corrected chi connectivity index (χ2v) is 4.37. The van der Waals surface area contributed by atoms with Gasteiger partial charge >= 0.3 is 0 Å². The van der Waals surface area contributed by atoms with Crippen molar-refractivity contribution in [2.45, 2.75) is 33.7 Å². The molecule has 15 heavy (non-hydrogen) atoms. The first kappa shape index (κ1) is 14.4. The summed E-state index contributed by atoms with van der Waals surface area (Å²) in [5.41, 5.74) is 0. The number of amides is 1. The number of carbonyl (C=O) groups excluding carboxylic acids is 1. The van der Waals surface area contributed by atoms with Crippen LogP contribution in [0.15, 0.2) is 0 Å². The van der Waals surface area contributed by atoms with Crippen molar-refractivity contribution in [3.63, 3.8) is 0 Å². The molecule has 90 valence electrons.